The Balaban J connectivity index is 1.77. The Labute approximate surface area is 117 Å². The first-order chi connectivity index (χ1) is 8.99. The van der Waals surface area contributed by atoms with Crippen LogP contribution in [0.3, 0.4) is 0 Å². The molecule has 19 heavy (non-hydrogen) atoms. The van der Waals surface area contributed by atoms with E-state index in [-0.39, 0.29) is 5.92 Å². The molecular weight excluding hydrogens is 238 g/mol. The summed E-state index contributed by atoms with van der Waals surface area (Å²) in [4.78, 5) is 13.5. The normalized spacial score (nSPS) is 31.8. The zero-order valence-corrected chi connectivity index (χ0v) is 12.6. The molecule has 1 saturated carbocycles. The summed E-state index contributed by atoms with van der Waals surface area (Å²) >= 11 is 0. The fourth-order valence-electron chi connectivity index (χ4n) is 3.71. The van der Waals surface area contributed by atoms with Crippen molar-refractivity contribution < 1.29 is 9.90 Å². The number of carbonyl (C=O) groups is 1. The van der Waals surface area contributed by atoms with Crippen molar-refractivity contribution in [2.45, 2.75) is 58.9 Å². The topological polar surface area (TPSA) is 40.5 Å². The summed E-state index contributed by atoms with van der Waals surface area (Å²) in [5.41, 5.74) is 0. The van der Waals surface area contributed by atoms with Crippen LogP contribution in [0.15, 0.2) is 0 Å². The highest BCUT2D eigenvalue weighted by Crippen LogP contribution is 2.34. The molecule has 0 aromatic rings. The lowest BCUT2D eigenvalue weighted by Crippen LogP contribution is -2.55. The molecule has 3 nitrogen and oxygen atoms in total. The second-order valence-electron chi connectivity index (χ2n) is 7.01. The van der Waals surface area contributed by atoms with Crippen LogP contribution in [-0.2, 0) is 4.79 Å². The molecule has 0 spiro atoms. The summed E-state index contributed by atoms with van der Waals surface area (Å²) in [6.07, 6.45) is 6.73. The number of carboxylic acids is 1. The highest BCUT2D eigenvalue weighted by Gasteiger charge is 2.38. The lowest BCUT2D eigenvalue weighted by atomic mass is 9.84. The predicted molar refractivity (Wildman–Crippen MR) is 77.1 cm³/mol. The zero-order valence-electron chi connectivity index (χ0n) is 12.6. The molecule has 3 unspecified atom stereocenters. The van der Waals surface area contributed by atoms with Gasteiger partial charge in [0.2, 0.25) is 0 Å². The van der Waals surface area contributed by atoms with Crippen molar-refractivity contribution in [1.82, 2.24) is 4.90 Å². The SMILES string of the molecule is CC(C)C1CCCC(N2CC(C(C)C(=O)O)C2)CC1. The van der Waals surface area contributed by atoms with Gasteiger partial charge in [-0.3, -0.25) is 9.69 Å². The molecule has 1 aliphatic carbocycles. The molecule has 2 rings (SSSR count). The van der Waals surface area contributed by atoms with Crippen molar-refractivity contribution >= 4 is 5.97 Å². The van der Waals surface area contributed by atoms with Gasteiger partial charge in [-0.2, -0.15) is 0 Å². The molecular formula is C16H29NO2. The van der Waals surface area contributed by atoms with Gasteiger partial charge in [-0.1, -0.05) is 33.6 Å². The lowest BCUT2D eigenvalue weighted by Gasteiger charge is -2.46. The quantitative estimate of drug-likeness (QED) is 0.795. The third-order valence-electron chi connectivity index (χ3n) is 5.48. The Kier molecular flexibility index (Phi) is 4.88. The van der Waals surface area contributed by atoms with Crippen molar-refractivity contribution in [2.75, 3.05) is 13.1 Å². The Morgan fingerprint density at radius 1 is 1.05 bits per heavy atom. The number of hydrogen-bond acceptors (Lipinski definition) is 2. The number of rotatable bonds is 4. The molecule has 0 radical (unpaired) electrons. The molecule has 0 aromatic carbocycles. The average Bonchev–Trinajstić information content (AvgIpc) is 2.52. The van der Waals surface area contributed by atoms with Crippen molar-refractivity contribution in [2.24, 2.45) is 23.7 Å². The third-order valence-corrected chi connectivity index (χ3v) is 5.48. The predicted octanol–water partition coefficient (Wildman–Crippen LogP) is 3.24. The molecule has 3 atom stereocenters. The first kappa shape index (κ1) is 14.8. The summed E-state index contributed by atoms with van der Waals surface area (Å²) in [6.45, 7) is 8.56. The van der Waals surface area contributed by atoms with E-state index in [0.29, 0.717) is 5.92 Å². The van der Waals surface area contributed by atoms with Gasteiger partial charge in [0.15, 0.2) is 0 Å². The summed E-state index contributed by atoms with van der Waals surface area (Å²) in [5, 5.41) is 9.04. The fraction of sp³-hybridized carbons (Fsp3) is 0.938. The molecule has 110 valence electrons. The summed E-state index contributed by atoms with van der Waals surface area (Å²) in [5.74, 6) is 1.28. The molecule has 1 N–H and O–H groups in total. The van der Waals surface area contributed by atoms with E-state index >= 15 is 0 Å². The van der Waals surface area contributed by atoms with Crippen LogP contribution in [0.25, 0.3) is 0 Å². The molecule has 1 saturated heterocycles. The summed E-state index contributed by atoms with van der Waals surface area (Å²) < 4.78 is 0. The van der Waals surface area contributed by atoms with Gasteiger partial charge in [-0.15, -0.1) is 0 Å². The van der Waals surface area contributed by atoms with Crippen LogP contribution in [-0.4, -0.2) is 35.1 Å². The van der Waals surface area contributed by atoms with Crippen LogP contribution >= 0.6 is 0 Å². The van der Waals surface area contributed by atoms with Crippen molar-refractivity contribution in [3.8, 4) is 0 Å². The Bertz CT molecular complexity index is 310. The van der Waals surface area contributed by atoms with E-state index in [2.05, 4.69) is 18.7 Å². The minimum absolute atomic E-state index is 0.176. The van der Waals surface area contributed by atoms with E-state index in [0.717, 1.165) is 31.0 Å². The molecule has 0 amide bonds. The molecule has 3 heteroatoms. The maximum atomic E-state index is 11.0. The average molecular weight is 267 g/mol. The van der Waals surface area contributed by atoms with E-state index in [1.54, 1.807) is 0 Å². The molecule has 1 aliphatic heterocycles. The van der Waals surface area contributed by atoms with E-state index in [1.165, 1.54) is 32.1 Å². The number of hydrogen-bond donors (Lipinski definition) is 1. The fourth-order valence-corrected chi connectivity index (χ4v) is 3.71. The number of aliphatic carboxylic acids is 1. The highest BCUT2D eigenvalue weighted by molar-refractivity contribution is 5.70. The first-order valence-electron chi connectivity index (χ1n) is 7.96. The maximum absolute atomic E-state index is 11.0. The van der Waals surface area contributed by atoms with Gasteiger partial charge in [0.1, 0.15) is 0 Å². The van der Waals surface area contributed by atoms with E-state index in [9.17, 15) is 4.79 Å². The summed E-state index contributed by atoms with van der Waals surface area (Å²) in [6, 6.07) is 0.723. The standard InChI is InChI=1S/C16H29NO2/c1-11(2)13-5-4-6-15(8-7-13)17-9-14(10-17)12(3)16(18)19/h11-15H,4-10H2,1-3H3,(H,18,19). The summed E-state index contributed by atoms with van der Waals surface area (Å²) in [7, 11) is 0. The minimum Gasteiger partial charge on any atom is -0.481 e. The van der Waals surface area contributed by atoms with E-state index < -0.39 is 5.97 Å². The maximum Gasteiger partial charge on any atom is 0.306 e. The highest BCUT2D eigenvalue weighted by atomic mass is 16.4. The van der Waals surface area contributed by atoms with Crippen LogP contribution in [0, 0.1) is 23.7 Å². The van der Waals surface area contributed by atoms with Gasteiger partial charge in [0.05, 0.1) is 5.92 Å². The van der Waals surface area contributed by atoms with Gasteiger partial charge in [0.25, 0.3) is 0 Å². The first-order valence-corrected chi connectivity index (χ1v) is 7.96. The Morgan fingerprint density at radius 2 is 1.74 bits per heavy atom. The Hall–Kier alpha value is -0.570. The van der Waals surface area contributed by atoms with E-state index in [1.807, 2.05) is 6.92 Å². The minimum atomic E-state index is -0.634. The van der Waals surface area contributed by atoms with Crippen molar-refractivity contribution in [3.05, 3.63) is 0 Å². The van der Waals surface area contributed by atoms with Crippen molar-refractivity contribution in [1.29, 1.82) is 0 Å². The van der Waals surface area contributed by atoms with Gasteiger partial charge in [-0.25, -0.2) is 0 Å². The lowest BCUT2D eigenvalue weighted by molar-refractivity contribution is -0.146. The second kappa shape index (κ2) is 6.25. The van der Waals surface area contributed by atoms with Crippen molar-refractivity contribution in [3.63, 3.8) is 0 Å². The second-order valence-corrected chi connectivity index (χ2v) is 7.01. The van der Waals surface area contributed by atoms with Crippen LogP contribution < -0.4 is 0 Å². The number of nitrogens with zero attached hydrogens (tertiary/aromatic N) is 1. The smallest absolute Gasteiger partial charge is 0.306 e. The molecule has 0 bridgehead atoms. The molecule has 0 aromatic heterocycles. The van der Waals surface area contributed by atoms with E-state index in [4.69, 9.17) is 5.11 Å². The molecule has 2 aliphatic rings. The van der Waals surface area contributed by atoms with Gasteiger partial charge in [0, 0.05) is 19.1 Å². The monoisotopic (exact) mass is 267 g/mol. The largest absolute Gasteiger partial charge is 0.481 e. The Morgan fingerprint density at radius 3 is 2.32 bits per heavy atom. The third kappa shape index (κ3) is 3.50. The van der Waals surface area contributed by atoms with Gasteiger partial charge < -0.3 is 5.11 Å². The van der Waals surface area contributed by atoms with Crippen LogP contribution in [0.2, 0.25) is 0 Å². The number of carboxylic acid groups (broad SMARTS) is 1. The molecule has 1 heterocycles. The molecule has 2 fully saturated rings. The number of likely N-dealkylation sites (tertiary alicyclic amines) is 1. The zero-order chi connectivity index (χ0) is 14.0. The van der Waals surface area contributed by atoms with Gasteiger partial charge in [-0.05, 0) is 37.0 Å². The van der Waals surface area contributed by atoms with Crippen LogP contribution in [0.5, 0.6) is 0 Å². The van der Waals surface area contributed by atoms with Crippen LogP contribution in [0.1, 0.15) is 52.9 Å². The van der Waals surface area contributed by atoms with Gasteiger partial charge >= 0.3 is 5.97 Å². The van der Waals surface area contributed by atoms with Crippen LogP contribution in [0.4, 0.5) is 0 Å².